The summed E-state index contributed by atoms with van der Waals surface area (Å²) in [5, 5.41) is 3.14. The zero-order valence-corrected chi connectivity index (χ0v) is 13.2. The van der Waals surface area contributed by atoms with Gasteiger partial charge in [0.05, 0.1) is 12.5 Å². The van der Waals surface area contributed by atoms with Crippen LogP contribution in [-0.2, 0) is 9.53 Å². The highest BCUT2D eigenvalue weighted by molar-refractivity contribution is 5.77. The monoisotopic (exact) mass is 295 g/mol. The first kappa shape index (κ1) is 19.3. The molecule has 0 aliphatic carbocycles. The minimum atomic E-state index is -2.29. The molecule has 0 bridgehead atoms. The molecule has 1 aliphatic heterocycles. The van der Waals surface area contributed by atoms with Gasteiger partial charge >= 0.3 is 5.97 Å². The summed E-state index contributed by atoms with van der Waals surface area (Å²) in [5.41, 5.74) is -0.581. The Hall–Kier alpha value is -0.710. The molecule has 20 heavy (non-hydrogen) atoms. The second-order valence-electron chi connectivity index (χ2n) is 6.07. The lowest BCUT2D eigenvalue weighted by Crippen LogP contribution is -2.46. The second kappa shape index (κ2) is 10.1. The molecular weight excluding hydrogens is 264 g/mol. The summed E-state index contributed by atoms with van der Waals surface area (Å²) < 4.78 is 28.9. The van der Waals surface area contributed by atoms with E-state index >= 15 is 0 Å². The normalized spacial score (nSPS) is 22.4. The van der Waals surface area contributed by atoms with Gasteiger partial charge in [-0.05, 0) is 38.1 Å². The van der Waals surface area contributed by atoms with Crippen LogP contribution in [-0.4, -0.2) is 32.6 Å². The molecule has 1 aliphatic rings. The lowest BCUT2D eigenvalue weighted by Gasteiger charge is -2.35. The summed E-state index contributed by atoms with van der Waals surface area (Å²) in [5.74, 6) is 0.564. The number of carbonyl (C=O) groups is 1. The van der Waals surface area contributed by atoms with Gasteiger partial charge in [0.25, 0.3) is 0 Å². The van der Waals surface area contributed by atoms with Crippen molar-refractivity contribution in [1.82, 2.24) is 5.32 Å². The molecule has 0 amide bonds. The quantitative estimate of drug-likeness (QED) is 0.782. The number of hydrogen-bond donors (Lipinski definition) is 1. The topological polar surface area (TPSA) is 38.3 Å². The maximum atomic E-state index is 12.1. The zero-order valence-electron chi connectivity index (χ0n) is 13.2. The van der Waals surface area contributed by atoms with E-state index in [9.17, 15) is 13.6 Å². The summed E-state index contributed by atoms with van der Waals surface area (Å²) in [6.07, 6.45) is 0.0513. The standard InChI is InChI=1S/C11H19F2NO2.C4H10.H2/c1-16-10(15)11(5-2-4-9(12)13)6-3-7-14-8-11;1-4(2)3;/h9,14H,2-8H2,1H3;4H,1-3H3;1H/t11-;;/m1../s1. The lowest BCUT2D eigenvalue weighted by molar-refractivity contribution is -0.154. The van der Waals surface area contributed by atoms with E-state index in [1.165, 1.54) is 7.11 Å². The average molecular weight is 295 g/mol. The van der Waals surface area contributed by atoms with Crippen LogP contribution in [0.4, 0.5) is 8.78 Å². The molecule has 0 aromatic heterocycles. The highest BCUT2D eigenvalue weighted by atomic mass is 19.3. The SMILES string of the molecule is CC(C)C.COC(=O)[C@]1(CCCC(F)F)CCCNC1.[HH]. The summed E-state index contributed by atoms with van der Waals surface area (Å²) >= 11 is 0. The first-order valence-corrected chi connectivity index (χ1v) is 7.41. The van der Waals surface area contributed by atoms with Crippen LogP contribution < -0.4 is 5.32 Å². The van der Waals surface area contributed by atoms with Crippen LogP contribution in [0.2, 0.25) is 0 Å². The van der Waals surface area contributed by atoms with Gasteiger partial charge < -0.3 is 10.1 Å². The van der Waals surface area contributed by atoms with Crippen LogP contribution in [0.15, 0.2) is 0 Å². The van der Waals surface area contributed by atoms with Crippen molar-refractivity contribution in [3.63, 3.8) is 0 Å². The number of carbonyl (C=O) groups excluding carboxylic acids is 1. The minimum absolute atomic E-state index is 0. The zero-order chi connectivity index (χ0) is 15.6. The van der Waals surface area contributed by atoms with Crippen LogP contribution in [0, 0.1) is 11.3 Å². The van der Waals surface area contributed by atoms with E-state index < -0.39 is 11.8 Å². The van der Waals surface area contributed by atoms with Crippen molar-refractivity contribution in [3.05, 3.63) is 0 Å². The highest BCUT2D eigenvalue weighted by Gasteiger charge is 2.40. The molecule has 1 rings (SSSR count). The van der Waals surface area contributed by atoms with Crippen molar-refractivity contribution in [2.45, 2.75) is 59.3 Å². The van der Waals surface area contributed by atoms with E-state index in [4.69, 9.17) is 4.74 Å². The van der Waals surface area contributed by atoms with Crippen LogP contribution in [0.25, 0.3) is 0 Å². The Labute approximate surface area is 122 Å². The second-order valence-corrected chi connectivity index (χ2v) is 6.07. The smallest absolute Gasteiger partial charge is 0.313 e. The number of halogens is 2. The molecular formula is C15H31F2NO2. The van der Waals surface area contributed by atoms with Crippen molar-refractivity contribution >= 4 is 5.97 Å². The minimum Gasteiger partial charge on any atom is -0.469 e. The van der Waals surface area contributed by atoms with Crippen molar-refractivity contribution in [2.75, 3.05) is 20.2 Å². The number of hydrogen-bond acceptors (Lipinski definition) is 3. The number of ether oxygens (including phenoxy) is 1. The van der Waals surface area contributed by atoms with Crippen LogP contribution in [0.5, 0.6) is 0 Å². The van der Waals surface area contributed by atoms with Gasteiger partial charge in [-0.1, -0.05) is 20.8 Å². The molecule has 1 fully saturated rings. The number of piperidine rings is 1. The predicted molar refractivity (Wildman–Crippen MR) is 79.0 cm³/mol. The molecule has 0 aromatic rings. The Morgan fingerprint density at radius 3 is 2.40 bits per heavy atom. The van der Waals surface area contributed by atoms with E-state index in [-0.39, 0.29) is 13.8 Å². The molecule has 122 valence electrons. The summed E-state index contributed by atoms with van der Waals surface area (Å²) in [4.78, 5) is 11.7. The van der Waals surface area contributed by atoms with Crippen LogP contribution >= 0.6 is 0 Å². The molecule has 1 N–H and O–H groups in total. The maximum Gasteiger partial charge on any atom is 0.313 e. The van der Waals surface area contributed by atoms with Gasteiger partial charge in [0.15, 0.2) is 0 Å². The lowest BCUT2D eigenvalue weighted by atomic mass is 9.76. The van der Waals surface area contributed by atoms with Gasteiger partial charge in [0.2, 0.25) is 6.43 Å². The molecule has 1 atom stereocenters. The maximum absolute atomic E-state index is 12.1. The summed E-state index contributed by atoms with van der Waals surface area (Å²) in [7, 11) is 1.35. The van der Waals surface area contributed by atoms with Crippen molar-refractivity contribution in [1.29, 1.82) is 0 Å². The Balaban J connectivity index is 0. The van der Waals surface area contributed by atoms with Crippen molar-refractivity contribution < 1.29 is 19.7 Å². The molecule has 1 saturated heterocycles. The van der Waals surface area contributed by atoms with Crippen LogP contribution in [0.1, 0.15) is 54.3 Å². The molecule has 0 aromatic carbocycles. The van der Waals surface area contributed by atoms with E-state index in [1.54, 1.807) is 0 Å². The molecule has 1 heterocycles. The van der Waals surface area contributed by atoms with E-state index in [0.29, 0.717) is 19.4 Å². The van der Waals surface area contributed by atoms with Gasteiger partial charge in [-0.25, -0.2) is 8.78 Å². The Morgan fingerprint density at radius 2 is 2.00 bits per heavy atom. The Bertz CT molecular complexity index is 268. The van der Waals surface area contributed by atoms with Gasteiger partial charge in [-0.15, -0.1) is 0 Å². The fourth-order valence-electron chi connectivity index (χ4n) is 2.27. The molecule has 0 unspecified atom stereocenters. The molecule has 0 radical (unpaired) electrons. The number of esters is 1. The van der Waals surface area contributed by atoms with Gasteiger partial charge in [0, 0.05) is 14.4 Å². The highest BCUT2D eigenvalue weighted by Crippen LogP contribution is 2.33. The van der Waals surface area contributed by atoms with E-state index in [2.05, 4.69) is 26.1 Å². The Kier molecular flexibility index (Phi) is 9.72. The number of nitrogens with one attached hydrogen (secondary N) is 1. The van der Waals surface area contributed by atoms with Crippen molar-refractivity contribution in [3.8, 4) is 0 Å². The third-order valence-electron chi connectivity index (χ3n) is 3.17. The largest absolute Gasteiger partial charge is 0.469 e. The fraction of sp³-hybridized carbons (Fsp3) is 0.933. The Morgan fingerprint density at radius 1 is 1.40 bits per heavy atom. The first-order valence-electron chi connectivity index (χ1n) is 7.41. The summed E-state index contributed by atoms with van der Waals surface area (Å²) in [6, 6.07) is 0. The first-order chi connectivity index (χ1) is 9.34. The molecule has 3 nitrogen and oxygen atoms in total. The van der Waals surface area contributed by atoms with Crippen LogP contribution in [0.3, 0.4) is 0 Å². The molecule has 5 heteroatoms. The number of rotatable bonds is 5. The third kappa shape index (κ3) is 7.78. The van der Waals surface area contributed by atoms with Gasteiger partial charge in [-0.2, -0.15) is 0 Å². The fourth-order valence-corrected chi connectivity index (χ4v) is 2.27. The summed E-state index contributed by atoms with van der Waals surface area (Å²) in [6.45, 7) is 7.93. The number of alkyl halides is 2. The number of methoxy groups -OCH3 is 1. The van der Waals surface area contributed by atoms with Gasteiger partial charge in [0.1, 0.15) is 0 Å². The predicted octanol–water partition coefficient (Wildman–Crippen LogP) is 3.87. The van der Waals surface area contributed by atoms with Crippen molar-refractivity contribution in [2.24, 2.45) is 11.3 Å². The average Bonchev–Trinajstić information content (AvgIpc) is 2.37. The van der Waals surface area contributed by atoms with E-state index in [1.807, 2.05) is 0 Å². The molecule has 0 saturated carbocycles. The third-order valence-corrected chi connectivity index (χ3v) is 3.17. The molecule has 0 spiro atoms. The van der Waals surface area contributed by atoms with Gasteiger partial charge in [-0.3, -0.25) is 4.79 Å². The van der Waals surface area contributed by atoms with E-state index in [0.717, 1.165) is 25.3 Å².